The average molecular weight is 443 g/mol. The first-order valence-electron chi connectivity index (χ1n) is 8.18. The number of non-ortho nitro benzene ring substituents is 1. The molecule has 9 heteroatoms. The molecule has 1 amide bonds. The second-order valence-electron chi connectivity index (χ2n) is 5.90. The van der Waals surface area contributed by atoms with E-state index in [1.54, 1.807) is 19.2 Å². The molecule has 1 aromatic heterocycles. The Labute approximate surface area is 168 Å². The molecule has 0 saturated heterocycles. The normalized spacial score (nSPS) is 10.9. The summed E-state index contributed by atoms with van der Waals surface area (Å²) in [5.74, 6) is 0.438. The first-order valence-corrected chi connectivity index (χ1v) is 8.98. The average Bonchev–Trinajstić information content (AvgIpc) is 3.14. The summed E-state index contributed by atoms with van der Waals surface area (Å²) in [6, 6.07) is 13.5. The Hall–Kier alpha value is -3.33. The smallest absolute Gasteiger partial charge is 0.270 e. The highest BCUT2D eigenvalue weighted by molar-refractivity contribution is 9.10. The molecule has 0 aliphatic rings. The van der Waals surface area contributed by atoms with Crippen LogP contribution in [-0.4, -0.2) is 32.9 Å². The van der Waals surface area contributed by atoms with Crippen LogP contribution >= 0.6 is 15.9 Å². The van der Waals surface area contributed by atoms with Crippen LogP contribution in [0.4, 0.5) is 5.69 Å². The third-order valence-electron chi connectivity index (χ3n) is 3.80. The summed E-state index contributed by atoms with van der Waals surface area (Å²) in [5.41, 5.74) is 1.32. The third kappa shape index (κ3) is 4.89. The van der Waals surface area contributed by atoms with Crippen molar-refractivity contribution >= 4 is 33.6 Å². The van der Waals surface area contributed by atoms with E-state index in [1.807, 2.05) is 24.3 Å². The number of hydrogen-bond acceptors (Lipinski definition) is 6. The molecule has 0 aliphatic carbocycles. The van der Waals surface area contributed by atoms with Gasteiger partial charge < -0.3 is 9.42 Å². The molecule has 0 radical (unpaired) electrons. The molecule has 28 heavy (non-hydrogen) atoms. The molecule has 8 nitrogen and oxygen atoms in total. The number of rotatable bonds is 6. The zero-order chi connectivity index (χ0) is 20.1. The van der Waals surface area contributed by atoms with Gasteiger partial charge in [-0.3, -0.25) is 14.9 Å². The molecular weight excluding hydrogens is 428 g/mol. The number of benzene rings is 2. The second-order valence-corrected chi connectivity index (χ2v) is 6.82. The van der Waals surface area contributed by atoms with Crippen molar-refractivity contribution in [1.29, 1.82) is 0 Å². The van der Waals surface area contributed by atoms with Crippen molar-refractivity contribution in [3.8, 4) is 11.4 Å². The van der Waals surface area contributed by atoms with Gasteiger partial charge in [0, 0.05) is 35.3 Å². The predicted octanol–water partition coefficient (Wildman–Crippen LogP) is 4.08. The van der Waals surface area contributed by atoms with Gasteiger partial charge in [0.05, 0.1) is 11.5 Å². The molecule has 2 aromatic carbocycles. The fourth-order valence-electron chi connectivity index (χ4n) is 2.38. The molecule has 3 aromatic rings. The van der Waals surface area contributed by atoms with Crippen LogP contribution in [0.25, 0.3) is 17.5 Å². The van der Waals surface area contributed by atoms with E-state index in [1.165, 1.54) is 29.2 Å². The Balaban J connectivity index is 1.64. The van der Waals surface area contributed by atoms with Gasteiger partial charge in [0.15, 0.2) is 0 Å². The monoisotopic (exact) mass is 442 g/mol. The van der Waals surface area contributed by atoms with E-state index in [9.17, 15) is 14.9 Å². The second kappa shape index (κ2) is 8.57. The molecule has 0 spiro atoms. The number of carbonyl (C=O) groups excluding carboxylic acids is 1. The lowest BCUT2D eigenvalue weighted by atomic mass is 10.2. The molecule has 1 heterocycles. The lowest BCUT2D eigenvalue weighted by Crippen LogP contribution is -2.24. The Morgan fingerprint density at radius 3 is 2.82 bits per heavy atom. The van der Waals surface area contributed by atoms with Gasteiger partial charge in [-0.2, -0.15) is 4.98 Å². The standard InChI is InChI=1S/C19H15BrN4O4/c1-23(18(25)9-8-13-4-2-7-16(10-13)24(26)27)12-17-21-19(22-28-17)14-5-3-6-15(20)11-14/h2-11H,12H2,1H3/b9-8+. The topological polar surface area (TPSA) is 102 Å². The molecular formula is C19H15BrN4O4. The van der Waals surface area contributed by atoms with Crippen LogP contribution in [0.2, 0.25) is 0 Å². The summed E-state index contributed by atoms with van der Waals surface area (Å²) in [4.78, 5) is 28.3. The molecule has 0 bridgehead atoms. The molecule has 0 atom stereocenters. The van der Waals surface area contributed by atoms with E-state index >= 15 is 0 Å². The molecule has 3 rings (SSSR count). The minimum Gasteiger partial charge on any atom is -0.337 e. The predicted molar refractivity (Wildman–Crippen MR) is 106 cm³/mol. The van der Waals surface area contributed by atoms with Crippen molar-refractivity contribution in [3.63, 3.8) is 0 Å². The van der Waals surface area contributed by atoms with Crippen LogP contribution < -0.4 is 0 Å². The van der Waals surface area contributed by atoms with Crippen LogP contribution in [0.15, 0.2) is 63.6 Å². The van der Waals surface area contributed by atoms with Crippen molar-refractivity contribution in [1.82, 2.24) is 15.0 Å². The molecule has 0 aliphatic heterocycles. The number of likely N-dealkylation sites (N-methyl/N-ethyl adjacent to an activating group) is 1. The minimum atomic E-state index is -0.482. The lowest BCUT2D eigenvalue weighted by molar-refractivity contribution is -0.384. The maximum atomic E-state index is 12.3. The number of hydrogen-bond donors (Lipinski definition) is 0. The number of halogens is 1. The van der Waals surface area contributed by atoms with Crippen molar-refractivity contribution in [2.24, 2.45) is 0 Å². The van der Waals surface area contributed by atoms with Gasteiger partial charge in [-0.05, 0) is 23.8 Å². The van der Waals surface area contributed by atoms with Gasteiger partial charge in [-0.25, -0.2) is 0 Å². The van der Waals surface area contributed by atoms with Crippen LogP contribution in [0.5, 0.6) is 0 Å². The van der Waals surface area contributed by atoms with E-state index in [-0.39, 0.29) is 18.1 Å². The van der Waals surface area contributed by atoms with Crippen molar-refractivity contribution in [2.75, 3.05) is 7.05 Å². The van der Waals surface area contributed by atoms with Gasteiger partial charge in [0.1, 0.15) is 0 Å². The Morgan fingerprint density at radius 1 is 1.29 bits per heavy atom. The number of nitro benzene ring substituents is 1. The van der Waals surface area contributed by atoms with Crippen LogP contribution in [0.1, 0.15) is 11.5 Å². The number of aromatic nitrogens is 2. The summed E-state index contributed by atoms with van der Waals surface area (Å²) < 4.78 is 6.11. The number of carbonyl (C=O) groups is 1. The Kier molecular flexibility index (Phi) is 5.95. The van der Waals surface area contributed by atoms with Gasteiger partial charge in [0.2, 0.25) is 17.6 Å². The Morgan fingerprint density at radius 2 is 2.07 bits per heavy atom. The fourth-order valence-corrected chi connectivity index (χ4v) is 2.78. The minimum absolute atomic E-state index is 0.0334. The number of nitrogens with zero attached hydrogens (tertiary/aromatic N) is 4. The van der Waals surface area contributed by atoms with Gasteiger partial charge in [0.25, 0.3) is 5.69 Å². The molecule has 0 saturated carbocycles. The largest absolute Gasteiger partial charge is 0.337 e. The van der Waals surface area contributed by atoms with Crippen LogP contribution in [0, 0.1) is 10.1 Å². The zero-order valence-corrected chi connectivity index (χ0v) is 16.4. The fraction of sp³-hybridized carbons (Fsp3) is 0.105. The van der Waals surface area contributed by atoms with Crippen molar-refractivity contribution in [3.05, 3.63) is 80.6 Å². The summed E-state index contributed by atoms with van der Waals surface area (Å²) >= 11 is 3.39. The first kappa shape index (κ1) is 19.4. The summed E-state index contributed by atoms with van der Waals surface area (Å²) in [5, 5.41) is 14.7. The maximum absolute atomic E-state index is 12.3. The van der Waals surface area contributed by atoms with Gasteiger partial charge >= 0.3 is 0 Å². The first-order chi connectivity index (χ1) is 13.4. The summed E-state index contributed by atoms with van der Waals surface area (Å²) in [7, 11) is 1.60. The highest BCUT2D eigenvalue weighted by Gasteiger charge is 2.13. The number of nitro groups is 1. The van der Waals surface area contributed by atoms with E-state index in [4.69, 9.17) is 4.52 Å². The van der Waals surface area contributed by atoms with Gasteiger partial charge in [-0.15, -0.1) is 0 Å². The highest BCUT2D eigenvalue weighted by Crippen LogP contribution is 2.20. The molecule has 0 N–H and O–H groups in total. The van der Waals surface area contributed by atoms with E-state index in [2.05, 4.69) is 26.1 Å². The van der Waals surface area contributed by atoms with E-state index < -0.39 is 4.92 Å². The summed E-state index contributed by atoms with van der Waals surface area (Å²) in [6.07, 6.45) is 2.86. The lowest BCUT2D eigenvalue weighted by Gasteiger charge is -2.11. The van der Waals surface area contributed by atoms with Crippen LogP contribution in [0.3, 0.4) is 0 Å². The zero-order valence-electron chi connectivity index (χ0n) is 14.8. The maximum Gasteiger partial charge on any atom is 0.270 e. The summed E-state index contributed by atoms with van der Waals surface area (Å²) in [6.45, 7) is 0.138. The van der Waals surface area contributed by atoms with Crippen LogP contribution in [-0.2, 0) is 11.3 Å². The van der Waals surface area contributed by atoms with E-state index in [0.29, 0.717) is 17.3 Å². The van der Waals surface area contributed by atoms with E-state index in [0.717, 1.165) is 10.0 Å². The Bertz CT molecular complexity index is 1050. The van der Waals surface area contributed by atoms with Crippen molar-refractivity contribution in [2.45, 2.75) is 6.54 Å². The molecule has 0 unspecified atom stereocenters. The SMILES string of the molecule is CN(Cc1nc(-c2cccc(Br)c2)no1)C(=O)/C=C/c1cccc([N+](=O)[O-])c1. The molecule has 0 fully saturated rings. The highest BCUT2D eigenvalue weighted by atomic mass is 79.9. The molecule has 142 valence electrons. The quantitative estimate of drug-likeness (QED) is 0.323. The van der Waals surface area contributed by atoms with Gasteiger partial charge in [-0.1, -0.05) is 45.4 Å². The number of amides is 1. The third-order valence-corrected chi connectivity index (χ3v) is 4.29. The van der Waals surface area contributed by atoms with Crippen molar-refractivity contribution < 1.29 is 14.2 Å².